The number of aliphatic hydroxyl groups is 1. The Balaban J connectivity index is 1.76. The molecule has 21 heavy (non-hydrogen) atoms. The predicted octanol–water partition coefficient (Wildman–Crippen LogP) is 1.12. The van der Waals surface area contributed by atoms with Gasteiger partial charge in [-0.15, -0.1) is 0 Å². The Morgan fingerprint density at radius 2 is 2.05 bits per heavy atom. The molecule has 1 aliphatic heterocycles. The molecule has 6 heteroatoms. The normalized spacial score (nSPS) is 28.1. The minimum atomic E-state index is -0.166. The van der Waals surface area contributed by atoms with Gasteiger partial charge in [-0.3, -0.25) is 5.43 Å². The van der Waals surface area contributed by atoms with E-state index in [1.807, 2.05) is 24.3 Å². The molecule has 1 saturated heterocycles. The maximum Gasteiger partial charge on any atom is 0.239 e. The molecule has 2 fully saturated rings. The molecule has 4 N–H and O–H groups in total. The molecular weight excluding hydrogens is 266 g/mol. The third kappa shape index (κ3) is 2.02. The van der Waals surface area contributed by atoms with Crippen molar-refractivity contribution in [2.75, 3.05) is 23.4 Å². The van der Waals surface area contributed by atoms with Crippen molar-refractivity contribution in [1.82, 2.24) is 9.97 Å². The number of hydrazine groups is 1. The van der Waals surface area contributed by atoms with Crippen LogP contribution >= 0.6 is 0 Å². The summed E-state index contributed by atoms with van der Waals surface area (Å²) in [5, 5.41) is 11.1. The van der Waals surface area contributed by atoms with Gasteiger partial charge in [0.15, 0.2) is 0 Å². The van der Waals surface area contributed by atoms with Crippen LogP contribution in [0.15, 0.2) is 24.3 Å². The van der Waals surface area contributed by atoms with Crippen LogP contribution in [0.25, 0.3) is 10.9 Å². The number of benzene rings is 1. The molecule has 3 atom stereocenters. The molecule has 2 aromatic rings. The summed E-state index contributed by atoms with van der Waals surface area (Å²) in [5.74, 6) is 7.77. The Hall–Kier alpha value is -1.92. The number of rotatable bonds is 2. The number of aromatic nitrogens is 2. The Kier molecular flexibility index (Phi) is 2.94. The largest absolute Gasteiger partial charge is 0.393 e. The molecule has 1 saturated carbocycles. The number of nitrogens with zero attached hydrogens (tertiary/aromatic N) is 3. The second kappa shape index (κ2) is 4.82. The number of anilines is 2. The third-order valence-electron chi connectivity index (χ3n) is 4.83. The molecule has 1 aliphatic carbocycles. The van der Waals surface area contributed by atoms with Gasteiger partial charge in [-0.2, -0.15) is 4.98 Å². The highest BCUT2D eigenvalue weighted by Crippen LogP contribution is 2.40. The molecule has 0 radical (unpaired) electrons. The lowest BCUT2D eigenvalue weighted by atomic mass is 10.00. The molecule has 1 aromatic carbocycles. The van der Waals surface area contributed by atoms with E-state index >= 15 is 0 Å². The minimum absolute atomic E-state index is 0.166. The van der Waals surface area contributed by atoms with Crippen molar-refractivity contribution < 1.29 is 5.11 Å². The minimum Gasteiger partial charge on any atom is -0.393 e. The van der Waals surface area contributed by atoms with Crippen LogP contribution in [-0.2, 0) is 0 Å². The summed E-state index contributed by atoms with van der Waals surface area (Å²) in [4.78, 5) is 11.2. The van der Waals surface area contributed by atoms with Crippen molar-refractivity contribution in [2.24, 2.45) is 17.7 Å². The molecule has 2 aliphatic rings. The molecule has 1 aromatic heterocycles. The standard InChI is InChI=1S/C15H19N5O/c16-19-15-17-12-4-2-1-3-10(12)14(18-15)20-7-9-5-6-13(21)11(9)8-20/h1-4,9,11,13,21H,5-8,16H2,(H,17,18,19). The van der Waals surface area contributed by atoms with E-state index in [1.54, 1.807) is 0 Å². The molecule has 0 bridgehead atoms. The summed E-state index contributed by atoms with van der Waals surface area (Å²) in [6, 6.07) is 7.96. The Bertz CT molecular complexity index is 676. The SMILES string of the molecule is NNc1nc(N2CC3CCC(O)C3C2)c2ccccc2n1. The Labute approximate surface area is 123 Å². The molecule has 110 valence electrons. The summed E-state index contributed by atoms with van der Waals surface area (Å²) in [6.07, 6.45) is 1.87. The predicted molar refractivity (Wildman–Crippen MR) is 81.8 cm³/mol. The maximum absolute atomic E-state index is 10.1. The zero-order valence-electron chi connectivity index (χ0n) is 11.7. The molecule has 2 heterocycles. The summed E-state index contributed by atoms with van der Waals surface area (Å²) < 4.78 is 0. The highest BCUT2D eigenvalue weighted by atomic mass is 16.3. The van der Waals surface area contributed by atoms with Crippen molar-refractivity contribution >= 4 is 22.7 Å². The van der Waals surface area contributed by atoms with Crippen LogP contribution in [0.4, 0.5) is 11.8 Å². The average molecular weight is 285 g/mol. The first kappa shape index (κ1) is 12.8. The number of nitrogen functional groups attached to an aromatic ring is 1. The van der Waals surface area contributed by atoms with E-state index in [2.05, 4.69) is 20.3 Å². The van der Waals surface area contributed by atoms with E-state index in [0.717, 1.165) is 42.7 Å². The molecule has 0 amide bonds. The lowest BCUT2D eigenvalue weighted by Crippen LogP contribution is -2.26. The smallest absolute Gasteiger partial charge is 0.239 e. The number of hydrogen-bond acceptors (Lipinski definition) is 6. The van der Waals surface area contributed by atoms with Crippen molar-refractivity contribution in [3.05, 3.63) is 24.3 Å². The van der Waals surface area contributed by atoms with E-state index in [1.165, 1.54) is 0 Å². The molecular formula is C15H19N5O. The monoisotopic (exact) mass is 285 g/mol. The zero-order chi connectivity index (χ0) is 14.4. The van der Waals surface area contributed by atoms with E-state index in [9.17, 15) is 5.11 Å². The van der Waals surface area contributed by atoms with Gasteiger partial charge < -0.3 is 10.0 Å². The van der Waals surface area contributed by atoms with E-state index in [4.69, 9.17) is 5.84 Å². The topological polar surface area (TPSA) is 87.3 Å². The second-order valence-electron chi connectivity index (χ2n) is 6.01. The fourth-order valence-electron chi connectivity index (χ4n) is 3.78. The van der Waals surface area contributed by atoms with Crippen LogP contribution in [0.2, 0.25) is 0 Å². The van der Waals surface area contributed by atoms with Gasteiger partial charge in [-0.05, 0) is 30.9 Å². The summed E-state index contributed by atoms with van der Waals surface area (Å²) in [6.45, 7) is 1.81. The molecule has 6 nitrogen and oxygen atoms in total. The summed E-state index contributed by atoms with van der Waals surface area (Å²) >= 11 is 0. The van der Waals surface area contributed by atoms with Gasteiger partial charge >= 0.3 is 0 Å². The number of aliphatic hydroxyl groups excluding tert-OH is 1. The number of hydrogen-bond donors (Lipinski definition) is 3. The van der Waals surface area contributed by atoms with Crippen LogP contribution in [0.3, 0.4) is 0 Å². The summed E-state index contributed by atoms with van der Waals surface area (Å²) in [5.41, 5.74) is 3.43. The van der Waals surface area contributed by atoms with Crippen LogP contribution in [0, 0.1) is 11.8 Å². The molecule has 0 spiro atoms. The van der Waals surface area contributed by atoms with Crippen molar-refractivity contribution in [1.29, 1.82) is 0 Å². The first-order chi connectivity index (χ1) is 10.3. The fourth-order valence-corrected chi connectivity index (χ4v) is 3.78. The van der Waals surface area contributed by atoms with Gasteiger partial charge in [-0.1, -0.05) is 12.1 Å². The quantitative estimate of drug-likeness (QED) is 0.566. The van der Waals surface area contributed by atoms with E-state index < -0.39 is 0 Å². The maximum atomic E-state index is 10.1. The lowest BCUT2D eigenvalue weighted by molar-refractivity contribution is 0.133. The van der Waals surface area contributed by atoms with Crippen molar-refractivity contribution in [2.45, 2.75) is 18.9 Å². The third-order valence-corrected chi connectivity index (χ3v) is 4.83. The van der Waals surface area contributed by atoms with Gasteiger partial charge in [-0.25, -0.2) is 10.8 Å². The second-order valence-corrected chi connectivity index (χ2v) is 6.01. The number of nitrogens with one attached hydrogen (secondary N) is 1. The molecule has 4 rings (SSSR count). The number of nitrogens with two attached hydrogens (primary N) is 1. The Morgan fingerprint density at radius 3 is 2.86 bits per heavy atom. The van der Waals surface area contributed by atoms with Gasteiger partial charge in [0.2, 0.25) is 5.95 Å². The van der Waals surface area contributed by atoms with E-state index in [-0.39, 0.29) is 6.10 Å². The first-order valence-electron chi connectivity index (χ1n) is 7.42. The van der Waals surface area contributed by atoms with Gasteiger partial charge in [0.1, 0.15) is 5.82 Å². The first-order valence-corrected chi connectivity index (χ1v) is 7.42. The van der Waals surface area contributed by atoms with Crippen LogP contribution in [-0.4, -0.2) is 34.3 Å². The van der Waals surface area contributed by atoms with Crippen molar-refractivity contribution in [3.63, 3.8) is 0 Å². The van der Waals surface area contributed by atoms with Gasteiger partial charge in [0.25, 0.3) is 0 Å². The van der Waals surface area contributed by atoms with Crippen LogP contribution in [0.1, 0.15) is 12.8 Å². The van der Waals surface area contributed by atoms with Crippen molar-refractivity contribution in [3.8, 4) is 0 Å². The number of fused-ring (bicyclic) bond motifs is 2. The number of para-hydroxylation sites is 1. The van der Waals surface area contributed by atoms with Crippen LogP contribution < -0.4 is 16.2 Å². The fraction of sp³-hybridized carbons (Fsp3) is 0.467. The van der Waals surface area contributed by atoms with Crippen LogP contribution in [0.5, 0.6) is 0 Å². The van der Waals surface area contributed by atoms with E-state index in [0.29, 0.717) is 17.8 Å². The average Bonchev–Trinajstić information content (AvgIpc) is 3.08. The highest BCUT2D eigenvalue weighted by Gasteiger charge is 2.42. The van der Waals surface area contributed by atoms with Gasteiger partial charge in [0, 0.05) is 24.4 Å². The molecule has 3 unspecified atom stereocenters. The lowest BCUT2D eigenvalue weighted by Gasteiger charge is -2.21. The zero-order valence-corrected chi connectivity index (χ0v) is 11.7. The van der Waals surface area contributed by atoms with Gasteiger partial charge in [0.05, 0.1) is 11.6 Å². The summed E-state index contributed by atoms with van der Waals surface area (Å²) in [7, 11) is 0. The Morgan fingerprint density at radius 1 is 1.19 bits per heavy atom. The highest BCUT2D eigenvalue weighted by molar-refractivity contribution is 5.90.